The molecule has 0 heterocycles. The zero-order chi connectivity index (χ0) is 29.5. The van der Waals surface area contributed by atoms with Gasteiger partial charge in [0, 0.05) is 18.2 Å². The molecule has 0 saturated carbocycles. The van der Waals surface area contributed by atoms with Crippen molar-refractivity contribution in [3.63, 3.8) is 0 Å². The molecule has 10 heteroatoms. The highest BCUT2D eigenvalue weighted by molar-refractivity contribution is 7.92. The maximum absolute atomic E-state index is 14.0. The van der Waals surface area contributed by atoms with E-state index in [-0.39, 0.29) is 23.0 Å². The predicted octanol–water partition coefficient (Wildman–Crippen LogP) is 4.23. The monoisotopic (exact) mass is 567 g/mol. The van der Waals surface area contributed by atoms with Crippen molar-refractivity contribution in [3.8, 4) is 11.5 Å². The highest BCUT2D eigenvalue weighted by Gasteiger charge is 2.33. The summed E-state index contributed by atoms with van der Waals surface area (Å²) in [6, 6.07) is 20.6. The Morgan fingerprint density at radius 1 is 0.875 bits per heavy atom. The van der Waals surface area contributed by atoms with Gasteiger partial charge in [-0.25, -0.2) is 8.42 Å². The number of sulfonamides is 1. The summed E-state index contributed by atoms with van der Waals surface area (Å²) in [5, 5.41) is 2.91. The molecule has 0 aromatic heterocycles. The molecule has 3 aromatic rings. The van der Waals surface area contributed by atoms with E-state index >= 15 is 0 Å². The van der Waals surface area contributed by atoms with Crippen molar-refractivity contribution in [1.82, 2.24) is 10.2 Å². The van der Waals surface area contributed by atoms with E-state index in [0.717, 1.165) is 9.87 Å². The van der Waals surface area contributed by atoms with Crippen LogP contribution < -0.4 is 19.1 Å². The normalized spacial score (nSPS) is 12.2. The Balaban J connectivity index is 2.04. The molecule has 0 aliphatic heterocycles. The summed E-state index contributed by atoms with van der Waals surface area (Å²) in [6.45, 7) is 6.73. The highest BCUT2D eigenvalue weighted by Crippen LogP contribution is 2.27. The van der Waals surface area contributed by atoms with Crippen LogP contribution >= 0.6 is 0 Å². The molecule has 1 atom stereocenters. The lowest BCUT2D eigenvalue weighted by molar-refractivity contribution is -0.140. The average Bonchev–Trinajstić information content (AvgIpc) is 2.94. The van der Waals surface area contributed by atoms with Crippen molar-refractivity contribution >= 4 is 27.5 Å². The molecule has 2 amide bonds. The number of nitrogens with zero attached hydrogens (tertiary/aromatic N) is 2. The fourth-order valence-electron chi connectivity index (χ4n) is 4.00. The first-order chi connectivity index (χ1) is 18.9. The molecule has 1 N–H and O–H groups in total. The number of hydrogen-bond acceptors (Lipinski definition) is 6. The number of carbonyl (C=O) groups excluding carboxylic acids is 2. The minimum Gasteiger partial charge on any atom is -0.497 e. The molecule has 0 bridgehead atoms. The Morgan fingerprint density at radius 2 is 1.50 bits per heavy atom. The van der Waals surface area contributed by atoms with E-state index in [1.165, 1.54) is 24.1 Å². The fraction of sp³-hybridized carbons (Fsp3) is 0.333. The first-order valence-corrected chi connectivity index (χ1v) is 14.3. The third-order valence-corrected chi connectivity index (χ3v) is 7.92. The quantitative estimate of drug-likeness (QED) is 0.372. The molecule has 0 spiro atoms. The van der Waals surface area contributed by atoms with Crippen LogP contribution in [0, 0.1) is 0 Å². The summed E-state index contributed by atoms with van der Waals surface area (Å²) >= 11 is 0. The molecule has 0 fully saturated rings. The maximum atomic E-state index is 14.0. The number of hydrogen-bond donors (Lipinski definition) is 1. The van der Waals surface area contributed by atoms with Gasteiger partial charge >= 0.3 is 0 Å². The van der Waals surface area contributed by atoms with Gasteiger partial charge in [-0.3, -0.25) is 13.9 Å². The molecule has 0 aliphatic carbocycles. The maximum Gasteiger partial charge on any atom is 0.264 e. The van der Waals surface area contributed by atoms with Crippen molar-refractivity contribution in [3.05, 3.63) is 84.4 Å². The van der Waals surface area contributed by atoms with E-state index in [1.54, 1.807) is 80.8 Å². The Kier molecular flexibility index (Phi) is 9.81. The van der Waals surface area contributed by atoms with Gasteiger partial charge in [-0.05, 0) is 69.7 Å². The molecule has 40 heavy (non-hydrogen) atoms. The summed E-state index contributed by atoms with van der Waals surface area (Å²) in [5.74, 6) is 0.187. The summed E-state index contributed by atoms with van der Waals surface area (Å²) in [5.41, 5.74) is 0.486. The highest BCUT2D eigenvalue weighted by atomic mass is 32.2. The molecule has 0 unspecified atom stereocenters. The fourth-order valence-corrected chi connectivity index (χ4v) is 5.43. The smallest absolute Gasteiger partial charge is 0.264 e. The first kappa shape index (κ1) is 30.5. The summed E-state index contributed by atoms with van der Waals surface area (Å²) in [7, 11) is -1.11. The first-order valence-electron chi connectivity index (χ1n) is 12.8. The van der Waals surface area contributed by atoms with E-state index in [0.29, 0.717) is 11.5 Å². The number of carbonyl (C=O) groups is 2. The van der Waals surface area contributed by atoms with Crippen LogP contribution in [0.3, 0.4) is 0 Å². The molecule has 3 rings (SSSR count). The summed E-state index contributed by atoms with van der Waals surface area (Å²) in [4.78, 5) is 28.6. The van der Waals surface area contributed by atoms with Crippen molar-refractivity contribution in [2.75, 3.05) is 25.1 Å². The number of methoxy groups -OCH3 is 2. The number of amides is 2. The number of anilines is 1. The van der Waals surface area contributed by atoms with Gasteiger partial charge in [0.2, 0.25) is 11.8 Å². The molecule has 3 aromatic carbocycles. The van der Waals surface area contributed by atoms with E-state index in [1.807, 2.05) is 20.8 Å². The largest absolute Gasteiger partial charge is 0.497 e. The number of benzene rings is 3. The van der Waals surface area contributed by atoms with E-state index in [9.17, 15) is 18.0 Å². The Bertz CT molecular complexity index is 1400. The number of nitrogens with one attached hydrogen (secondary N) is 1. The lowest BCUT2D eigenvalue weighted by Crippen LogP contribution is -2.54. The predicted molar refractivity (Wildman–Crippen MR) is 155 cm³/mol. The molecule has 0 saturated heterocycles. The van der Waals surface area contributed by atoms with Crippen molar-refractivity contribution < 1.29 is 27.5 Å². The summed E-state index contributed by atoms with van der Waals surface area (Å²) in [6.07, 6.45) is 0. The number of ether oxygens (including phenoxy) is 2. The van der Waals surface area contributed by atoms with Crippen LogP contribution in [0.1, 0.15) is 33.3 Å². The van der Waals surface area contributed by atoms with Gasteiger partial charge in [0.05, 0.1) is 24.8 Å². The van der Waals surface area contributed by atoms with Gasteiger partial charge in [0.1, 0.15) is 24.1 Å². The van der Waals surface area contributed by atoms with Gasteiger partial charge in [-0.2, -0.15) is 0 Å². The third-order valence-electron chi connectivity index (χ3n) is 6.13. The SMILES string of the molecule is COc1ccc(CN(C(=O)CN(c2cccc(OC)c2)S(=O)(=O)c2ccccc2)[C@@H](C)C(=O)NC(C)(C)C)cc1. The third kappa shape index (κ3) is 7.75. The second kappa shape index (κ2) is 12.9. The number of rotatable bonds is 11. The molecule has 214 valence electrons. The summed E-state index contributed by atoms with van der Waals surface area (Å²) < 4.78 is 39.3. The van der Waals surface area contributed by atoms with E-state index in [2.05, 4.69) is 5.32 Å². The van der Waals surface area contributed by atoms with Gasteiger partial charge in [-0.15, -0.1) is 0 Å². The Hall–Kier alpha value is -4.05. The van der Waals surface area contributed by atoms with Crippen LogP contribution in [-0.4, -0.2) is 57.5 Å². The van der Waals surface area contributed by atoms with Gasteiger partial charge in [-0.1, -0.05) is 36.4 Å². The second-order valence-corrected chi connectivity index (χ2v) is 12.2. The lowest BCUT2D eigenvalue weighted by atomic mass is 10.1. The Morgan fingerprint density at radius 3 is 2.08 bits per heavy atom. The molecule has 0 aliphatic rings. The lowest BCUT2D eigenvalue weighted by Gasteiger charge is -2.33. The van der Waals surface area contributed by atoms with E-state index < -0.39 is 34.1 Å². The van der Waals surface area contributed by atoms with Crippen LogP contribution in [0.25, 0.3) is 0 Å². The zero-order valence-corrected chi connectivity index (χ0v) is 24.6. The Labute approximate surface area is 236 Å². The minimum atomic E-state index is -4.15. The minimum absolute atomic E-state index is 0.0332. The van der Waals surface area contributed by atoms with Crippen LogP contribution in [-0.2, 0) is 26.2 Å². The van der Waals surface area contributed by atoms with Crippen molar-refractivity contribution in [2.24, 2.45) is 0 Å². The van der Waals surface area contributed by atoms with Gasteiger partial charge in [0.25, 0.3) is 10.0 Å². The van der Waals surface area contributed by atoms with Crippen LogP contribution in [0.2, 0.25) is 0 Å². The van der Waals surface area contributed by atoms with Crippen LogP contribution in [0.5, 0.6) is 11.5 Å². The van der Waals surface area contributed by atoms with Crippen molar-refractivity contribution in [1.29, 1.82) is 0 Å². The zero-order valence-electron chi connectivity index (χ0n) is 23.7. The van der Waals surface area contributed by atoms with E-state index in [4.69, 9.17) is 9.47 Å². The van der Waals surface area contributed by atoms with Gasteiger partial charge < -0.3 is 19.7 Å². The molecular formula is C30H37N3O6S. The second-order valence-electron chi connectivity index (χ2n) is 10.3. The molecule has 0 radical (unpaired) electrons. The average molecular weight is 568 g/mol. The molecular weight excluding hydrogens is 530 g/mol. The van der Waals surface area contributed by atoms with Gasteiger partial charge in [0.15, 0.2) is 0 Å². The van der Waals surface area contributed by atoms with Crippen LogP contribution in [0.4, 0.5) is 5.69 Å². The topological polar surface area (TPSA) is 105 Å². The standard InChI is InChI=1S/C30H37N3O6S/c1-22(29(35)31-30(2,3)4)32(20-23-15-17-25(38-5)18-16-23)28(34)21-33(24-11-10-12-26(19-24)39-6)40(36,37)27-13-8-7-9-14-27/h7-19,22H,20-21H2,1-6H3,(H,31,35)/t22-/m0/s1. The molecule has 9 nitrogen and oxygen atoms in total. The van der Waals surface area contributed by atoms with Crippen molar-refractivity contribution in [2.45, 2.75) is 50.7 Å². The van der Waals surface area contributed by atoms with Crippen LogP contribution in [0.15, 0.2) is 83.8 Å².